The number of nitrogens with zero attached hydrogens (tertiary/aromatic N) is 2. The van der Waals surface area contributed by atoms with Gasteiger partial charge in [0.2, 0.25) is 5.89 Å². The Labute approximate surface area is 70.6 Å². The van der Waals surface area contributed by atoms with Crippen molar-refractivity contribution in [2.75, 3.05) is 12.0 Å². The van der Waals surface area contributed by atoms with Crippen molar-refractivity contribution in [1.29, 1.82) is 0 Å². The molecule has 0 aromatic carbocycles. The molecular weight excluding hydrogens is 160 g/mol. The fourth-order valence-corrected chi connectivity index (χ4v) is 1.24. The molecule has 0 fully saturated rings. The SMILES string of the molecule is CSCCCc1nc(C)no1. The third-order valence-electron chi connectivity index (χ3n) is 1.31. The Morgan fingerprint density at radius 2 is 2.36 bits per heavy atom. The van der Waals surface area contributed by atoms with Gasteiger partial charge in [-0.15, -0.1) is 0 Å². The van der Waals surface area contributed by atoms with E-state index in [0.29, 0.717) is 0 Å². The molecule has 0 saturated carbocycles. The van der Waals surface area contributed by atoms with Gasteiger partial charge >= 0.3 is 0 Å². The summed E-state index contributed by atoms with van der Waals surface area (Å²) in [4.78, 5) is 4.10. The van der Waals surface area contributed by atoms with E-state index in [9.17, 15) is 0 Å². The first-order valence-corrected chi connectivity index (χ1v) is 5.00. The van der Waals surface area contributed by atoms with Crippen LogP contribution in [0.1, 0.15) is 18.1 Å². The Morgan fingerprint density at radius 1 is 1.55 bits per heavy atom. The van der Waals surface area contributed by atoms with E-state index in [4.69, 9.17) is 4.52 Å². The number of hydrogen-bond donors (Lipinski definition) is 0. The van der Waals surface area contributed by atoms with Crippen LogP contribution in [0.3, 0.4) is 0 Å². The molecule has 11 heavy (non-hydrogen) atoms. The molecule has 3 nitrogen and oxygen atoms in total. The highest BCUT2D eigenvalue weighted by Crippen LogP contribution is 2.03. The third-order valence-corrected chi connectivity index (χ3v) is 2.01. The highest BCUT2D eigenvalue weighted by molar-refractivity contribution is 7.98. The molecule has 0 aliphatic heterocycles. The quantitative estimate of drug-likeness (QED) is 0.648. The second kappa shape index (κ2) is 4.38. The van der Waals surface area contributed by atoms with Crippen molar-refractivity contribution >= 4 is 11.8 Å². The molecule has 0 N–H and O–H groups in total. The van der Waals surface area contributed by atoms with E-state index in [0.717, 1.165) is 30.3 Å². The number of aryl methyl sites for hydroxylation is 2. The molecule has 0 aliphatic rings. The predicted molar refractivity (Wildman–Crippen MR) is 45.7 cm³/mol. The van der Waals surface area contributed by atoms with Crippen LogP contribution in [0.2, 0.25) is 0 Å². The van der Waals surface area contributed by atoms with Crippen molar-refractivity contribution in [1.82, 2.24) is 10.1 Å². The molecule has 1 heterocycles. The Hall–Kier alpha value is -0.510. The van der Waals surface area contributed by atoms with Gasteiger partial charge in [-0.2, -0.15) is 16.7 Å². The monoisotopic (exact) mass is 172 g/mol. The molecule has 0 atom stereocenters. The van der Waals surface area contributed by atoms with Crippen LogP contribution in [-0.2, 0) is 6.42 Å². The van der Waals surface area contributed by atoms with E-state index in [1.54, 1.807) is 0 Å². The average Bonchev–Trinajstić information content (AvgIpc) is 2.37. The molecule has 0 radical (unpaired) electrons. The Morgan fingerprint density at radius 3 is 2.91 bits per heavy atom. The fourth-order valence-electron chi connectivity index (χ4n) is 0.809. The second-order valence-corrected chi connectivity index (χ2v) is 3.32. The van der Waals surface area contributed by atoms with Crippen molar-refractivity contribution in [3.8, 4) is 0 Å². The van der Waals surface area contributed by atoms with E-state index in [1.807, 2.05) is 18.7 Å². The summed E-state index contributed by atoms with van der Waals surface area (Å²) in [5.41, 5.74) is 0. The third kappa shape index (κ3) is 2.93. The van der Waals surface area contributed by atoms with Crippen LogP contribution in [0.15, 0.2) is 4.52 Å². The van der Waals surface area contributed by atoms with Crippen LogP contribution in [0, 0.1) is 6.92 Å². The average molecular weight is 172 g/mol. The first-order valence-electron chi connectivity index (χ1n) is 3.61. The van der Waals surface area contributed by atoms with Gasteiger partial charge in [-0.3, -0.25) is 0 Å². The van der Waals surface area contributed by atoms with Gasteiger partial charge in [-0.05, 0) is 25.4 Å². The van der Waals surface area contributed by atoms with Crippen LogP contribution in [0.4, 0.5) is 0 Å². The van der Waals surface area contributed by atoms with Gasteiger partial charge in [0.15, 0.2) is 5.82 Å². The smallest absolute Gasteiger partial charge is 0.226 e. The molecule has 0 bridgehead atoms. The first-order chi connectivity index (χ1) is 5.33. The Kier molecular flexibility index (Phi) is 3.42. The summed E-state index contributed by atoms with van der Waals surface area (Å²) >= 11 is 1.84. The lowest BCUT2D eigenvalue weighted by Gasteiger charge is -1.90. The maximum atomic E-state index is 4.94. The molecule has 62 valence electrons. The molecule has 1 rings (SSSR count). The number of hydrogen-bond acceptors (Lipinski definition) is 4. The predicted octanol–water partition coefficient (Wildman–Crippen LogP) is 1.67. The summed E-state index contributed by atoms with van der Waals surface area (Å²) in [6.45, 7) is 1.83. The second-order valence-electron chi connectivity index (χ2n) is 2.33. The van der Waals surface area contributed by atoms with E-state index in [2.05, 4.69) is 16.4 Å². The molecule has 0 amide bonds. The Balaban J connectivity index is 2.27. The van der Waals surface area contributed by atoms with Crippen molar-refractivity contribution in [2.24, 2.45) is 0 Å². The zero-order chi connectivity index (χ0) is 8.10. The summed E-state index contributed by atoms with van der Waals surface area (Å²) in [7, 11) is 0. The van der Waals surface area contributed by atoms with Crippen LogP contribution in [0.5, 0.6) is 0 Å². The standard InChI is InChI=1S/C7H12N2OS/c1-6-8-7(10-9-6)4-3-5-11-2/h3-5H2,1-2H3. The Bertz CT molecular complexity index is 212. The molecule has 0 spiro atoms. The molecule has 4 heteroatoms. The summed E-state index contributed by atoms with van der Waals surface area (Å²) in [5.74, 6) is 2.64. The normalized spacial score (nSPS) is 10.4. The minimum absolute atomic E-state index is 0.726. The number of thioether (sulfide) groups is 1. The van der Waals surface area contributed by atoms with Gasteiger partial charge in [0, 0.05) is 6.42 Å². The lowest BCUT2D eigenvalue weighted by molar-refractivity contribution is 0.374. The molecule has 0 aliphatic carbocycles. The first kappa shape index (κ1) is 8.59. The highest BCUT2D eigenvalue weighted by Gasteiger charge is 2.00. The van der Waals surface area contributed by atoms with Gasteiger partial charge in [-0.25, -0.2) is 0 Å². The van der Waals surface area contributed by atoms with Gasteiger partial charge in [0.25, 0.3) is 0 Å². The lowest BCUT2D eigenvalue weighted by Crippen LogP contribution is -1.87. The van der Waals surface area contributed by atoms with Crippen molar-refractivity contribution in [3.63, 3.8) is 0 Å². The summed E-state index contributed by atoms with van der Waals surface area (Å²) in [6.07, 6.45) is 4.11. The van der Waals surface area contributed by atoms with Gasteiger partial charge in [0.1, 0.15) is 0 Å². The zero-order valence-corrected chi connectivity index (χ0v) is 7.65. The fraction of sp³-hybridized carbons (Fsp3) is 0.714. The summed E-state index contributed by atoms with van der Waals surface area (Å²) < 4.78 is 4.94. The van der Waals surface area contributed by atoms with Crippen molar-refractivity contribution in [2.45, 2.75) is 19.8 Å². The maximum Gasteiger partial charge on any atom is 0.226 e. The van der Waals surface area contributed by atoms with Gasteiger partial charge in [-0.1, -0.05) is 5.16 Å². The van der Waals surface area contributed by atoms with Crippen LogP contribution in [-0.4, -0.2) is 22.1 Å². The van der Waals surface area contributed by atoms with Gasteiger partial charge < -0.3 is 4.52 Å². The van der Waals surface area contributed by atoms with Gasteiger partial charge in [0.05, 0.1) is 0 Å². The van der Waals surface area contributed by atoms with E-state index >= 15 is 0 Å². The molecule has 0 saturated heterocycles. The summed E-state index contributed by atoms with van der Waals surface area (Å²) in [5, 5.41) is 3.70. The maximum absolute atomic E-state index is 4.94. The van der Waals surface area contributed by atoms with Crippen molar-refractivity contribution < 1.29 is 4.52 Å². The van der Waals surface area contributed by atoms with Crippen molar-refractivity contribution in [3.05, 3.63) is 11.7 Å². The zero-order valence-electron chi connectivity index (χ0n) is 6.83. The molecule has 1 aromatic rings. The van der Waals surface area contributed by atoms with Crippen LogP contribution < -0.4 is 0 Å². The van der Waals surface area contributed by atoms with E-state index < -0.39 is 0 Å². The molecule has 1 aromatic heterocycles. The number of rotatable bonds is 4. The summed E-state index contributed by atoms with van der Waals surface area (Å²) in [6, 6.07) is 0. The van der Waals surface area contributed by atoms with Crippen LogP contribution >= 0.6 is 11.8 Å². The minimum atomic E-state index is 0.726. The van der Waals surface area contributed by atoms with E-state index in [1.165, 1.54) is 0 Å². The number of aromatic nitrogens is 2. The molecular formula is C7H12N2OS. The lowest BCUT2D eigenvalue weighted by atomic mass is 10.3. The van der Waals surface area contributed by atoms with E-state index in [-0.39, 0.29) is 0 Å². The minimum Gasteiger partial charge on any atom is -0.339 e. The topological polar surface area (TPSA) is 38.9 Å². The highest BCUT2D eigenvalue weighted by atomic mass is 32.2. The largest absolute Gasteiger partial charge is 0.339 e. The molecule has 0 unspecified atom stereocenters. The van der Waals surface area contributed by atoms with Crippen LogP contribution in [0.25, 0.3) is 0 Å².